The third-order valence-corrected chi connectivity index (χ3v) is 7.41. The average molecular weight is 537 g/mol. The van der Waals surface area contributed by atoms with Crippen LogP contribution in [-0.4, -0.2) is 15.0 Å². The molecule has 0 fully saturated rings. The molecule has 42 heavy (non-hydrogen) atoms. The van der Waals surface area contributed by atoms with Crippen LogP contribution in [0.2, 0.25) is 0 Å². The molecule has 0 saturated carbocycles. The number of rotatable bonds is 5. The van der Waals surface area contributed by atoms with Crippen LogP contribution in [0.4, 0.5) is 0 Å². The number of fused-ring (bicyclic) bond motifs is 1. The first-order valence-corrected chi connectivity index (χ1v) is 13.8. The van der Waals surface area contributed by atoms with Gasteiger partial charge in [-0.1, -0.05) is 140 Å². The lowest BCUT2D eigenvalue weighted by Gasteiger charge is -2.15. The number of benzene rings is 6. The summed E-state index contributed by atoms with van der Waals surface area (Å²) in [5, 5.41) is 11.8. The lowest BCUT2D eigenvalue weighted by atomic mass is 9.92. The molecule has 1 heterocycles. The number of hydrogen-bond acceptors (Lipinski definition) is 4. The van der Waals surface area contributed by atoms with Crippen LogP contribution in [0, 0.1) is 11.3 Å². The summed E-state index contributed by atoms with van der Waals surface area (Å²) in [5.74, 6) is 1.87. The van der Waals surface area contributed by atoms with E-state index in [-0.39, 0.29) is 0 Å². The molecule has 0 spiro atoms. The van der Waals surface area contributed by atoms with Crippen molar-refractivity contribution < 1.29 is 0 Å². The second kappa shape index (κ2) is 10.9. The topological polar surface area (TPSA) is 62.5 Å². The summed E-state index contributed by atoms with van der Waals surface area (Å²) in [7, 11) is 0. The maximum Gasteiger partial charge on any atom is 0.165 e. The average Bonchev–Trinajstić information content (AvgIpc) is 3.08. The monoisotopic (exact) mass is 536 g/mol. The van der Waals surface area contributed by atoms with Crippen molar-refractivity contribution in [2.45, 2.75) is 0 Å². The van der Waals surface area contributed by atoms with Gasteiger partial charge in [-0.05, 0) is 39.1 Å². The molecule has 0 saturated heterocycles. The van der Waals surface area contributed by atoms with Crippen molar-refractivity contribution in [3.05, 3.63) is 151 Å². The van der Waals surface area contributed by atoms with Crippen LogP contribution >= 0.6 is 0 Å². The zero-order valence-corrected chi connectivity index (χ0v) is 22.6. The second-order valence-electron chi connectivity index (χ2n) is 9.98. The van der Waals surface area contributed by atoms with E-state index in [0.29, 0.717) is 23.0 Å². The minimum Gasteiger partial charge on any atom is -0.208 e. The van der Waals surface area contributed by atoms with Gasteiger partial charge < -0.3 is 0 Å². The lowest BCUT2D eigenvalue weighted by molar-refractivity contribution is 1.08. The maximum absolute atomic E-state index is 9.62. The van der Waals surface area contributed by atoms with E-state index in [1.807, 2.05) is 91.0 Å². The third kappa shape index (κ3) is 4.70. The zero-order chi connectivity index (χ0) is 28.3. The summed E-state index contributed by atoms with van der Waals surface area (Å²) in [5.41, 5.74) is 7.45. The number of hydrogen-bond donors (Lipinski definition) is 0. The highest BCUT2D eigenvalue weighted by Crippen LogP contribution is 2.38. The third-order valence-electron chi connectivity index (χ3n) is 7.41. The van der Waals surface area contributed by atoms with Crippen LogP contribution in [0.5, 0.6) is 0 Å². The highest BCUT2D eigenvalue weighted by atomic mass is 15.0. The van der Waals surface area contributed by atoms with Gasteiger partial charge in [-0.2, -0.15) is 5.26 Å². The van der Waals surface area contributed by atoms with Gasteiger partial charge in [0.1, 0.15) is 0 Å². The Morgan fingerprint density at radius 2 is 0.929 bits per heavy atom. The Hall–Kier alpha value is -5.92. The van der Waals surface area contributed by atoms with E-state index in [4.69, 9.17) is 15.0 Å². The van der Waals surface area contributed by atoms with Gasteiger partial charge in [-0.15, -0.1) is 0 Å². The molecule has 0 amide bonds. The molecular weight excluding hydrogens is 512 g/mol. The predicted octanol–water partition coefficient (Wildman–Crippen LogP) is 9.23. The normalized spacial score (nSPS) is 10.8. The van der Waals surface area contributed by atoms with Gasteiger partial charge in [0.2, 0.25) is 0 Å². The molecule has 0 unspecified atom stereocenters. The second-order valence-corrected chi connectivity index (χ2v) is 9.98. The van der Waals surface area contributed by atoms with Crippen LogP contribution < -0.4 is 0 Å². The highest BCUT2D eigenvalue weighted by Gasteiger charge is 2.18. The molecule has 0 atom stereocenters. The first-order valence-electron chi connectivity index (χ1n) is 13.8. The molecule has 196 valence electrons. The fourth-order valence-corrected chi connectivity index (χ4v) is 5.34. The molecular formula is C38H24N4. The molecule has 0 aliphatic carbocycles. The summed E-state index contributed by atoms with van der Waals surface area (Å²) in [4.78, 5) is 15.0. The molecule has 0 bridgehead atoms. The molecule has 0 radical (unpaired) electrons. The minimum atomic E-state index is 0.619. The van der Waals surface area contributed by atoms with E-state index < -0.39 is 0 Å². The summed E-state index contributed by atoms with van der Waals surface area (Å²) < 4.78 is 0. The smallest absolute Gasteiger partial charge is 0.165 e. The number of nitriles is 1. The number of aromatic nitrogens is 3. The summed E-state index contributed by atoms with van der Waals surface area (Å²) >= 11 is 0. The fourth-order valence-electron chi connectivity index (χ4n) is 5.34. The molecule has 0 aliphatic rings. The van der Waals surface area contributed by atoms with Gasteiger partial charge >= 0.3 is 0 Å². The van der Waals surface area contributed by atoms with Gasteiger partial charge in [0.15, 0.2) is 17.5 Å². The van der Waals surface area contributed by atoms with E-state index in [9.17, 15) is 5.26 Å². The predicted molar refractivity (Wildman–Crippen MR) is 169 cm³/mol. The Labute approximate surface area is 244 Å². The van der Waals surface area contributed by atoms with Crippen molar-refractivity contribution in [2.24, 2.45) is 0 Å². The van der Waals surface area contributed by atoms with E-state index in [2.05, 4.69) is 60.7 Å². The first-order chi connectivity index (χ1) is 20.8. The molecule has 4 nitrogen and oxygen atoms in total. The molecule has 7 rings (SSSR count). The van der Waals surface area contributed by atoms with Gasteiger partial charge in [-0.25, -0.2) is 15.0 Å². The maximum atomic E-state index is 9.62. The van der Waals surface area contributed by atoms with Gasteiger partial charge in [0.25, 0.3) is 0 Å². The van der Waals surface area contributed by atoms with Crippen LogP contribution in [0.3, 0.4) is 0 Å². The van der Waals surface area contributed by atoms with Crippen molar-refractivity contribution >= 4 is 10.8 Å². The Morgan fingerprint density at radius 1 is 0.405 bits per heavy atom. The van der Waals surface area contributed by atoms with Crippen molar-refractivity contribution in [1.29, 1.82) is 5.26 Å². The Kier molecular flexibility index (Phi) is 6.52. The van der Waals surface area contributed by atoms with E-state index in [0.717, 1.165) is 49.7 Å². The van der Waals surface area contributed by atoms with Gasteiger partial charge in [0.05, 0.1) is 11.6 Å². The Balaban J connectivity index is 1.45. The van der Waals surface area contributed by atoms with Crippen LogP contribution in [-0.2, 0) is 0 Å². The van der Waals surface area contributed by atoms with Crippen molar-refractivity contribution in [1.82, 2.24) is 15.0 Å². The van der Waals surface area contributed by atoms with Crippen LogP contribution in [0.25, 0.3) is 67.2 Å². The SMILES string of the molecule is N#Cc1ccccc1-c1ccc(-c2ccc3ccccc3c2-c2nc(-c3ccccc3)nc(-c3ccccc3)n2)cc1. The molecule has 0 N–H and O–H groups in total. The molecule has 6 aromatic carbocycles. The summed E-state index contributed by atoms with van der Waals surface area (Å²) in [6.07, 6.45) is 0. The minimum absolute atomic E-state index is 0.619. The lowest BCUT2D eigenvalue weighted by Crippen LogP contribution is -2.01. The number of nitrogens with zero attached hydrogens (tertiary/aromatic N) is 4. The quantitative estimate of drug-likeness (QED) is 0.220. The molecule has 4 heteroatoms. The first kappa shape index (κ1) is 25.1. The van der Waals surface area contributed by atoms with E-state index in [1.165, 1.54) is 0 Å². The highest BCUT2D eigenvalue weighted by molar-refractivity contribution is 6.03. The van der Waals surface area contributed by atoms with Gasteiger partial charge in [0, 0.05) is 16.7 Å². The Bertz CT molecular complexity index is 2020. The molecule has 7 aromatic rings. The molecule has 0 aliphatic heterocycles. The van der Waals surface area contributed by atoms with Crippen LogP contribution in [0.15, 0.2) is 146 Å². The van der Waals surface area contributed by atoms with Crippen molar-refractivity contribution in [3.8, 4) is 62.5 Å². The van der Waals surface area contributed by atoms with Gasteiger partial charge in [-0.3, -0.25) is 0 Å². The summed E-state index contributed by atoms with van der Waals surface area (Å²) in [6.45, 7) is 0. The standard InChI is InChI=1S/C38H24N4/c39-25-31-16-8-9-17-32(31)27-19-21-28(22-20-27)34-24-23-26-11-7-10-18-33(26)35(34)38-41-36(29-12-3-1-4-13-29)40-37(42-38)30-14-5-2-6-15-30/h1-24H. The zero-order valence-electron chi connectivity index (χ0n) is 22.6. The van der Waals surface area contributed by atoms with Crippen molar-refractivity contribution in [2.75, 3.05) is 0 Å². The van der Waals surface area contributed by atoms with Crippen molar-refractivity contribution in [3.63, 3.8) is 0 Å². The van der Waals surface area contributed by atoms with E-state index in [1.54, 1.807) is 0 Å². The molecule has 1 aromatic heterocycles. The Morgan fingerprint density at radius 3 is 1.57 bits per heavy atom. The largest absolute Gasteiger partial charge is 0.208 e. The van der Waals surface area contributed by atoms with E-state index >= 15 is 0 Å². The summed E-state index contributed by atoms with van der Waals surface area (Å²) in [6, 6.07) is 51.0. The van der Waals surface area contributed by atoms with Crippen LogP contribution in [0.1, 0.15) is 5.56 Å². The fraction of sp³-hybridized carbons (Fsp3) is 0.